The molecule has 1 aliphatic rings. The minimum Gasteiger partial charge on any atom is -0.492 e. The predicted molar refractivity (Wildman–Crippen MR) is 114 cm³/mol. The fraction of sp³-hybridized carbons (Fsp3) is 0.381. The Kier molecular flexibility index (Phi) is 7.30. The van der Waals surface area contributed by atoms with Gasteiger partial charge in [-0.1, -0.05) is 23.8 Å². The van der Waals surface area contributed by atoms with E-state index in [4.69, 9.17) is 9.47 Å². The van der Waals surface area contributed by atoms with Gasteiger partial charge in [0.05, 0.1) is 24.7 Å². The Morgan fingerprint density at radius 3 is 2.57 bits per heavy atom. The zero-order valence-corrected chi connectivity index (χ0v) is 18.0. The first kappa shape index (κ1) is 22.1. The fourth-order valence-electron chi connectivity index (χ4n) is 2.93. The summed E-state index contributed by atoms with van der Waals surface area (Å²) in [4.78, 5) is 14.1. The number of sulfonamides is 1. The number of rotatable bonds is 7. The molecule has 8 nitrogen and oxygen atoms in total. The SMILES string of the molecule is Cc1ccc(OCCN(C)C(=O)Nc2cccc(S(=O)(=O)N3CCOCC3)c2)cc1. The van der Waals surface area contributed by atoms with E-state index in [-0.39, 0.29) is 10.9 Å². The molecule has 1 fully saturated rings. The minimum atomic E-state index is -3.62. The van der Waals surface area contributed by atoms with Gasteiger partial charge in [-0.05, 0) is 37.3 Å². The van der Waals surface area contributed by atoms with Crippen LogP contribution in [-0.4, -0.2) is 70.2 Å². The van der Waals surface area contributed by atoms with Crippen molar-refractivity contribution in [1.82, 2.24) is 9.21 Å². The molecule has 2 aromatic carbocycles. The number of benzene rings is 2. The third kappa shape index (κ3) is 5.71. The third-order valence-corrected chi connectivity index (χ3v) is 6.65. The van der Waals surface area contributed by atoms with Gasteiger partial charge < -0.3 is 19.7 Å². The molecule has 2 amide bonds. The molecule has 162 valence electrons. The van der Waals surface area contributed by atoms with Crippen molar-refractivity contribution in [3.05, 3.63) is 54.1 Å². The van der Waals surface area contributed by atoms with Gasteiger partial charge in [-0.3, -0.25) is 0 Å². The van der Waals surface area contributed by atoms with Crippen molar-refractivity contribution in [3.8, 4) is 5.75 Å². The van der Waals surface area contributed by atoms with Crippen molar-refractivity contribution >= 4 is 21.7 Å². The van der Waals surface area contributed by atoms with E-state index in [1.54, 1.807) is 19.2 Å². The summed E-state index contributed by atoms with van der Waals surface area (Å²) in [6.07, 6.45) is 0. The predicted octanol–water partition coefficient (Wildman–Crippen LogP) is 2.56. The minimum absolute atomic E-state index is 0.146. The van der Waals surface area contributed by atoms with E-state index in [2.05, 4.69) is 5.32 Å². The van der Waals surface area contributed by atoms with E-state index in [9.17, 15) is 13.2 Å². The number of carbonyl (C=O) groups is 1. The number of hydrogen-bond donors (Lipinski definition) is 1. The second-order valence-electron chi connectivity index (χ2n) is 7.06. The number of carbonyl (C=O) groups excluding carboxylic acids is 1. The number of morpholine rings is 1. The molecular weight excluding hydrogens is 406 g/mol. The van der Waals surface area contributed by atoms with Crippen LogP contribution in [-0.2, 0) is 14.8 Å². The lowest BCUT2D eigenvalue weighted by Gasteiger charge is -2.26. The monoisotopic (exact) mass is 433 g/mol. The van der Waals surface area contributed by atoms with E-state index in [0.29, 0.717) is 45.1 Å². The summed E-state index contributed by atoms with van der Waals surface area (Å²) in [5.74, 6) is 0.746. The molecule has 2 aromatic rings. The molecule has 3 rings (SSSR count). The number of likely N-dealkylation sites (N-methyl/N-ethyl adjacent to an activating group) is 1. The largest absolute Gasteiger partial charge is 0.492 e. The molecule has 1 aliphatic heterocycles. The van der Waals surface area contributed by atoms with Gasteiger partial charge in [-0.15, -0.1) is 0 Å². The molecule has 0 aromatic heterocycles. The summed E-state index contributed by atoms with van der Waals surface area (Å²) in [5, 5.41) is 2.74. The molecule has 1 heterocycles. The summed E-state index contributed by atoms with van der Waals surface area (Å²) >= 11 is 0. The number of urea groups is 1. The Balaban J connectivity index is 1.55. The fourth-order valence-corrected chi connectivity index (χ4v) is 4.38. The topological polar surface area (TPSA) is 88.2 Å². The number of anilines is 1. The Bertz CT molecular complexity index is 957. The number of nitrogens with zero attached hydrogens (tertiary/aromatic N) is 2. The van der Waals surface area contributed by atoms with Crippen molar-refractivity contribution in [2.45, 2.75) is 11.8 Å². The molecule has 0 atom stereocenters. The van der Waals surface area contributed by atoms with Crippen molar-refractivity contribution in [2.24, 2.45) is 0 Å². The lowest BCUT2D eigenvalue weighted by Crippen LogP contribution is -2.40. The highest BCUT2D eigenvalue weighted by molar-refractivity contribution is 7.89. The lowest BCUT2D eigenvalue weighted by molar-refractivity contribution is 0.0730. The number of ether oxygens (including phenoxy) is 2. The zero-order chi connectivity index (χ0) is 21.6. The molecule has 1 N–H and O–H groups in total. The Hall–Kier alpha value is -2.62. The quantitative estimate of drug-likeness (QED) is 0.725. The number of hydrogen-bond acceptors (Lipinski definition) is 5. The second kappa shape index (κ2) is 9.92. The first-order valence-electron chi connectivity index (χ1n) is 9.76. The molecule has 0 bridgehead atoms. The van der Waals surface area contributed by atoms with E-state index in [1.807, 2.05) is 31.2 Å². The van der Waals surface area contributed by atoms with Crippen LogP contribution in [0.25, 0.3) is 0 Å². The summed E-state index contributed by atoms with van der Waals surface area (Å²) in [7, 11) is -1.97. The molecule has 0 unspecified atom stereocenters. The average molecular weight is 434 g/mol. The summed E-state index contributed by atoms with van der Waals surface area (Å²) in [6.45, 7) is 4.13. The number of amides is 2. The van der Waals surface area contributed by atoms with Crippen molar-refractivity contribution in [3.63, 3.8) is 0 Å². The van der Waals surface area contributed by atoms with Crippen LogP contribution in [0.4, 0.5) is 10.5 Å². The average Bonchev–Trinajstić information content (AvgIpc) is 2.76. The molecular formula is C21H27N3O5S. The molecule has 0 saturated carbocycles. The van der Waals surface area contributed by atoms with E-state index >= 15 is 0 Å². The molecule has 0 radical (unpaired) electrons. The molecule has 1 saturated heterocycles. The van der Waals surface area contributed by atoms with Crippen molar-refractivity contribution < 1.29 is 22.7 Å². The van der Waals surface area contributed by atoms with Gasteiger partial charge in [0, 0.05) is 25.8 Å². The maximum absolute atomic E-state index is 12.8. The summed E-state index contributed by atoms with van der Waals surface area (Å²) in [6, 6.07) is 13.6. The summed E-state index contributed by atoms with van der Waals surface area (Å²) < 4.78 is 37.8. The highest BCUT2D eigenvalue weighted by atomic mass is 32.2. The van der Waals surface area contributed by atoms with Gasteiger partial charge >= 0.3 is 6.03 Å². The maximum atomic E-state index is 12.8. The van der Waals surface area contributed by atoms with E-state index < -0.39 is 10.0 Å². The molecule has 30 heavy (non-hydrogen) atoms. The summed E-state index contributed by atoms with van der Waals surface area (Å²) in [5.41, 5.74) is 1.57. The molecule has 0 spiro atoms. The van der Waals surface area contributed by atoms with Crippen LogP contribution in [0, 0.1) is 6.92 Å². The van der Waals surface area contributed by atoms with Crippen LogP contribution in [0.5, 0.6) is 5.75 Å². The first-order valence-corrected chi connectivity index (χ1v) is 11.2. The number of nitrogens with one attached hydrogen (secondary N) is 1. The van der Waals surface area contributed by atoms with Gasteiger partial charge in [0.15, 0.2) is 0 Å². The molecule has 9 heteroatoms. The number of aryl methyl sites for hydroxylation is 1. The smallest absolute Gasteiger partial charge is 0.321 e. The normalized spacial score (nSPS) is 14.9. The van der Waals surface area contributed by atoms with Crippen LogP contribution < -0.4 is 10.1 Å². The highest BCUT2D eigenvalue weighted by Gasteiger charge is 2.26. The van der Waals surface area contributed by atoms with Gasteiger partial charge in [0.25, 0.3) is 0 Å². The Labute approximate surface area is 177 Å². The van der Waals surface area contributed by atoms with E-state index in [1.165, 1.54) is 21.3 Å². The standard InChI is InChI=1S/C21H27N3O5S/c1-17-6-8-19(9-7-17)29-15-10-23(2)21(25)22-18-4-3-5-20(16-18)30(26,27)24-11-13-28-14-12-24/h3-9,16H,10-15H2,1-2H3,(H,22,25). The van der Waals surface area contributed by atoms with Crippen LogP contribution in [0.3, 0.4) is 0 Å². The van der Waals surface area contributed by atoms with Crippen molar-refractivity contribution in [2.75, 3.05) is 51.8 Å². The zero-order valence-electron chi connectivity index (χ0n) is 17.2. The van der Waals surface area contributed by atoms with Gasteiger partial charge in [-0.25, -0.2) is 13.2 Å². The second-order valence-corrected chi connectivity index (χ2v) is 9.00. The van der Waals surface area contributed by atoms with Crippen LogP contribution in [0.15, 0.2) is 53.4 Å². The van der Waals surface area contributed by atoms with Crippen LogP contribution in [0.2, 0.25) is 0 Å². The van der Waals surface area contributed by atoms with Gasteiger partial charge in [-0.2, -0.15) is 4.31 Å². The van der Waals surface area contributed by atoms with E-state index in [0.717, 1.165) is 11.3 Å². The van der Waals surface area contributed by atoms with Crippen molar-refractivity contribution in [1.29, 1.82) is 0 Å². The van der Waals surface area contributed by atoms with Gasteiger partial charge in [0.2, 0.25) is 10.0 Å². The maximum Gasteiger partial charge on any atom is 0.321 e. The third-order valence-electron chi connectivity index (χ3n) is 4.76. The van der Waals surface area contributed by atoms with Gasteiger partial charge in [0.1, 0.15) is 12.4 Å². The first-order chi connectivity index (χ1) is 14.4. The Morgan fingerprint density at radius 1 is 1.17 bits per heavy atom. The highest BCUT2D eigenvalue weighted by Crippen LogP contribution is 2.21. The Morgan fingerprint density at radius 2 is 1.87 bits per heavy atom. The lowest BCUT2D eigenvalue weighted by atomic mass is 10.2. The van der Waals surface area contributed by atoms with Crippen LogP contribution in [0.1, 0.15) is 5.56 Å². The molecule has 0 aliphatic carbocycles. The van der Waals surface area contributed by atoms with Crippen LogP contribution >= 0.6 is 0 Å².